The zero-order valence-corrected chi connectivity index (χ0v) is 14.6. The second-order valence-electron chi connectivity index (χ2n) is 6.21. The van der Waals surface area contributed by atoms with Crippen molar-refractivity contribution in [1.29, 1.82) is 0 Å². The molecule has 1 aliphatic rings. The average Bonchev–Trinajstić information content (AvgIpc) is 3.21. The first-order valence-corrected chi connectivity index (χ1v) is 9.10. The van der Waals surface area contributed by atoms with Crippen molar-refractivity contribution in [2.45, 2.75) is 26.2 Å². The first-order valence-electron chi connectivity index (χ1n) is 8.22. The van der Waals surface area contributed by atoms with Crippen LogP contribution in [0.25, 0.3) is 10.6 Å². The van der Waals surface area contributed by atoms with Gasteiger partial charge in [-0.1, -0.05) is 30.3 Å². The summed E-state index contributed by atoms with van der Waals surface area (Å²) in [5.74, 6) is 0. The Morgan fingerprint density at radius 3 is 2.88 bits per heavy atom. The van der Waals surface area contributed by atoms with Crippen LogP contribution in [0.2, 0.25) is 0 Å². The summed E-state index contributed by atoms with van der Waals surface area (Å²) in [5.41, 5.74) is 4.72. The lowest BCUT2D eigenvalue weighted by Crippen LogP contribution is -2.28. The van der Waals surface area contributed by atoms with Gasteiger partial charge < -0.3 is 5.32 Å². The zero-order chi connectivity index (χ0) is 16.4. The summed E-state index contributed by atoms with van der Waals surface area (Å²) in [5, 5.41) is 11.3. The minimum absolute atomic E-state index is 0.837. The molecule has 2 aromatic heterocycles. The predicted octanol–water partition coefficient (Wildman–Crippen LogP) is 2.74. The quantitative estimate of drug-likeness (QED) is 0.776. The van der Waals surface area contributed by atoms with Gasteiger partial charge >= 0.3 is 0 Å². The third-order valence-corrected chi connectivity index (χ3v) is 5.10. The Kier molecular flexibility index (Phi) is 4.42. The van der Waals surface area contributed by atoms with Crippen molar-refractivity contribution in [2.24, 2.45) is 0 Å². The van der Waals surface area contributed by atoms with Crippen molar-refractivity contribution in [3.8, 4) is 10.6 Å². The van der Waals surface area contributed by atoms with E-state index in [2.05, 4.69) is 57.7 Å². The van der Waals surface area contributed by atoms with Gasteiger partial charge in [0.25, 0.3) is 0 Å². The molecule has 0 atom stereocenters. The number of fused-ring (bicyclic) bond motifs is 1. The van der Waals surface area contributed by atoms with Gasteiger partial charge in [-0.05, 0) is 13.1 Å². The SMILES string of the molecule is CN(Cc1csc(-c2ccccc2)n1)Cc1cc2n(n1)CCNC2. The van der Waals surface area contributed by atoms with E-state index in [1.165, 1.54) is 11.3 Å². The fraction of sp³-hybridized carbons (Fsp3) is 0.333. The molecule has 124 valence electrons. The third kappa shape index (κ3) is 3.40. The smallest absolute Gasteiger partial charge is 0.123 e. The fourth-order valence-electron chi connectivity index (χ4n) is 3.03. The van der Waals surface area contributed by atoms with Crippen LogP contribution in [0, 0.1) is 0 Å². The van der Waals surface area contributed by atoms with E-state index in [9.17, 15) is 0 Å². The van der Waals surface area contributed by atoms with Crippen LogP contribution in [0.15, 0.2) is 41.8 Å². The third-order valence-electron chi connectivity index (χ3n) is 4.16. The Bertz CT molecular complexity index is 784. The topological polar surface area (TPSA) is 46.0 Å². The van der Waals surface area contributed by atoms with Gasteiger partial charge in [0.2, 0.25) is 0 Å². The average molecular weight is 339 g/mol. The fourth-order valence-corrected chi connectivity index (χ4v) is 3.85. The lowest BCUT2D eigenvalue weighted by atomic mass is 10.2. The Hall–Kier alpha value is -2.02. The second kappa shape index (κ2) is 6.84. The molecule has 6 heteroatoms. The molecule has 5 nitrogen and oxygen atoms in total. The summed E-state index contributed by atoms with van der Waals surface area (Å²) in [7, 11) is 2.12. The Morgan fingerprint density at radius 2 is 2.04 bits per heavy atom. The first-order chi connectivity index (χ1) is 11.8. The van der Waals surface area contributed by atoms with E-state index in [4.69, 9.17) is 10.1 Å². The number of thiazole rings is 1. The van der Waals surface area contributed by atoms with E-state index >= 15 is 0 Å². The van der Waals surface area contributed by atoms with E-state index in [0.717, 1.165) is 49.1 Å². The van der Waals surface area contributed by atoms with Crippen LogP contribution in [0.4, 0.5) is 0 Å². The van der Waals surface area contributed by atoms with E-state index < -0.39 is 0 Å². The number of rotatable bonds is 5. The second-order valence-corrected chi connectivity index (χ2v) is 7.07. The van der Waals surface area contributed by atoms with Crippen LogP contribution >= 0.6 is 11.3 Å². The molecule has 0 spiro atoms. The number of hydrogen-bond acceptors (Lipinski definition) is 5. The molecule has 0 radical (unpaired) electrons. The van der Waals surface area contributed by atoms with Gasteiger partial charge in [-0.2, -0.15) is 5.10 Å². The molecule has 1 aliphatic heterocycles. The van der Waals surface area contributed by atoms with E-state index in [-0.39, 0.29) is 0 Å². The molecule has 0 fully saturated rings. The summed E-state index contributed by atoms with van der Waals surface area (Å²) in [6, 6.07) is 12.6. The van der Waals surface area contributed by atoms with Gasteiger partial charge in [-0.3, -0.25) is 9.58 Å². The minimum atomic E-state index is 0.837. The minimum Gasteiger partial charge on any atom is -0.309 e. The van der Waals surface area contributed by atoms with Crippen molar-refractivity contribution in [2.75, 3.05) is 13.6 Å². The molecular weight excluding hydrogens is 318 g/mol. The Balaban J connectivity index is 1.40. The molecule has 0 amide bonds. The summed E-state index contributed by atoms with van der Waals surface area (Å²) < 4.78 is 2.12. The van der Waals surface area contributed by atoms with Gasteiger partial charge in [0, 0.05) is 37.1 Å². The molecular formula is C18H21N5S. The van der Waals surface area contributed by atoms with Gasteiger partial charge in [-0.25, -0.2) is 4.98 Å². The maximum atomic E-state index is 4.77. The highest BCUT2D eigenvalue weighted by molar-refractivity contribution is 7.13. The highest BCUT2D eigenvalue weighted by atomic mass is 32.1. The van der Waals surface area contributed by atoms with Crippen LogP contribution in [0.5, 0.6) is 0 Å². The Labute approximate surface area is 146 Å². The number of nitrogens with zero attached hydrogens (tertiary/aromatic N) is 4. The van der Waals surface area contributed by atoms with E-state index in [0.29, 0.717) is 0 Å². The van der Waals surface area contributed by atoms with E-state index in [1.54, 1.807) is 11.3 Å². The highest BCUT2D eigenvalue weighted by Gasteiger charge is 2.13. The highest BCUT2D eigenvalue weighted by Crippen LogP contribution is 2.24. The number of hydrogen-bond donors (Lipinski definition) is 1. The summed E-state index contributed by atoms with van der Waals surface area (Å²) in [4.78, 5) is 7.04. The zero-order valence-electron chi connectivity index (χ0n) is 13.8. The van der Waals surface area contributed by atoms with Gasteiger partial charge in [-0.15, -0.1) is 11.3 Å². The summed E-state index contributed by atoms with van der Waals surface area (Å²) >= 11 is 1.71. The molecule has 0 saturated carbocycles. The molecule has 1 aromatic carbocycles. The van der Waals surface area contributed by atoms with Crippen LogP contribution < -0.4 is 5.32 Å². The standard InChI is InChI=1S/C18H21N5S/c1-22(11-15-9-17-10-19-7-8-23(17)21-15)12-16-13-24-18(20-16)14-5-3-2-4-6-14/h2-6,9,13,19H,7-8,10-12H2,1H3. The van der Waals surface area contributed by atoms with Gasteiger partial charge in [0.15, 0.2) is 0 Å². The lowest BCUT2D eigenvalue weighted by Gasteiger charge is -2.14. The van der Waals surface area contributed by atoms with Crippen molar-refractivity contribution in [3.63, 3.8) is 0 Å². The molecule has 4 rings (SSSR count). The predicted molar refractivity (Wildman–Crippen MR) is 96.7 cm³/mol. The maximum absolute atomic E-state index is 4.77. The summed E-state index contributed by atoms with van der Waals surface area (Å²) in [6.45, 7) is 4.57. The lowest BCUT2D eigenvalue weighted by molar-refractivity contribution is 0.310. The van der Waals surface area contributed by atoms with Gasteiger partial charge in [0.05, 0.1) is 23.6 Å². The molecule has 3 heterocycles. The molecule has 0 bridgehead atoms. The van der Waals surface area contributed by atoms with E-state index in [1.807, 2.05) is 6.07 Å². The van der Waals surface area contributed by atoms with Crippen LogP contribution in [-0.4, -0.2) is 33.3 Å². The molecule has 24 heavy (non-hydrogen) atoms. The monoisotopic (exact) mass is 339 g/mol. The van der Waals surface area contributed by atoms with Gasteiger partial charge in [0.1, 0.15) is 5.01 Å². The molecule has 0 unspecified atom stereocenters. The number of benzene rings is 1. The van der Waals surface area contributed by atoms with Crippen LogP contribution in [0.1, 0.15) is 17.1 Å². The van der Waals surface area contributed by atoms with Crippen LogP contribution in [-0.2, 0) is 26.2 Å². The largest absolute Gasteiger partial charge is 0.309 e. The van der Waals surface area contributed by atoms with Crippen LogP contribution in [0.3, 0.4) is 0 Å². The summed E-state index contributed by atoms with van der Waals surface area (Å²) in [6.07, 6.45) is 0. The maximum Gasteiger partial charge on any atom is 0.123 e. The Morgan fingerprint density at radius 1 is 1.21 bits per heavy atom. The molecule has 0 saturated heterocycles. The van der Waals surface area contributed by atoms with Crippen molar-refractivity contribution in [3.05, 3.63) is 58.9 Å². The molecule has 1 N–H and O–H groups in total. The number of nitrogens with one attached hydrogen (secondary N) is 1. The first kappa shape index (κ1) is 15.5. The van der Waals surface area contributed by atoms with Crippen molar-refractivity contribution < 1.29 is 0 Å². The van der Waals surface area contributed by atoms with Crippen molar-refractivity contribution >= 4 is 11.3 Å². The number of aromatic nitrogens is 3. The normalized spacial score (nSPS) is 14.1. The molecule has 3 aromatic rings. The molecule has 0 aliphatic carbocycles. The van der Waals surface area contributed by atoms with Crippen molar-refractivity contribution in [1.82, 2.24) is 25.0 Å².